The van der Waals surface area contributed by atoms with Crippen molar-refractivity contribution in [3.63, 3.8) is 0 Å². The molecular weight excluding hydrogens is 492 g/mol. The standard InChI is InChI=1S/C31H44N4O4/c1-21(22-13-15-23(16-14-22)26(33-7)19-25(32)27(36)34-29(2,3)4)35-18-17-31(39-28(35)37,20-30(5,6)38)24-11-9-8-10-12-24/h8-16,21,26,32-33,38H,17-20H2,1-7H3,(H,34,36)/t21-,26?,31-/m0/s1. The Balaban J connectivity index is 1.72. The van der Waals surface area contributed by atoms with Crippen LogP contribution in [0.25, 0.3) is 0 Å². The second-order valence-corrected chi connectivity index (χ2v) is 12.2. The van der Waals surface area contributed by atoms with Crippen molar-refractivity contribution >= 4 is 17.7 Å². The maximum absolute atomic E-state index is 13.3. The quantitative estimate of drug-likeness (QED) is 0.310. The highest BCUT2D eigenvalue weighted by Crippen LogP contribution is 2.42. The van der Waals surface area contributed by atoms with Crippen LogP contribution in [0.4, 0.5) is 4.79 Å². The molecule has 1 aliphatic heterocycles. The van der Waals surface area contributed by atoms with Gasteiger partial charge in [-0.2, -0.15) is 0 Å². The van der Waals surface area contributed by atoms with Crippen LogP contribution in [-0.2, 0) is 15.1 Å². The number of carbonyl (C=O) groups is 2. The van der Waals surface area contributed by atoms with Gasteiger partial charge in [0.05, 0.1) is 17.4 Å². The van der Waals surface area contributed by atoms with Crippen molar-refractivity contribution in [2.45, 2.75) is 89.6 Å². The van der Waals surface area contributed by atoms with Crippen LogP contribution in [0.1, 0.15) is 89.6 Å². The fourth-order valence-corrected chi connectivity index (χ4v) is 5.18. The number of hydrogen-bond donors (Lipinski definition) is 4. The van der Waals surface area contributed by atoms with Gasteiger partial charge in [0.2, 0.25) is 0 Å². The predicted molar refractivity (Wildman–Crippen MR) is 154 cm³/mol. The molecule has 1 aliphatic rings. The van der Waals surface area contributed by atoms with Crippen LogP contribution in [0.5, 0.6) is 0 Å². The normalized spacial score (nSPS) is 19.7. The van der Waals surface area contributed by atoms with Gasteiger partial charge in [0, 0.05) is 37.4 Å². The number of benzene rings is 2. The molecule has 3 rings (SSSR count). The zero-order chi connectivity index (χ0) is 29.0. The molecule has 3 atom stereocenters. The molecule has 2 amide bonds. The number of carbonyl (C=O) groups excluding carboxylic acids is 2. The van der Waals surface area contributed by atoms with Gasteiger partial charge in [-0.05, 0) is 65.3 Å². The first-order chi connectivity index (χ1) is 18.1. The molecule has 4 N–H and O–H groups in total. The third kappa shape index (κ3) is 7.90. The molecule has 0 radical (unpaired) electrons. The molecule has 39 heavy (non-hydrogen) atoms. The van der Waals surface area contributed by atoms with Crippen molar-refractivity contribution in [3.05, 3.63) is 71.3 Å². The fraction of sp³-hybridized carbons (Fsp3) is 0.516. The molecule has 1 unspecified atom stereocenters. The Morgan fingerprint density at radius 2 is 1.67 bits per heavy atom. The fourth-order valence-electron chi connectivity index (χ4n) is 5.18. The summed E-state index contributed by atoms with van der Waals surface area (Å²) in [5.41, 5.74) is 0.522. The number of amides is 2. The van der Waals surface area contributed by atoms with Gasteiger partial charge < -0.3 is 25.4 Å². The zero-order valence-electron chi connectivity index (χ0n) is 24.3. The minimum absolute atomic E-state index is 0.0192. The van der Waals surface area contributed by atoms with Crippen LogP contribution >= 0.6 is 0 Å². The first-order valence-corrected chi connectivity index (χ1v) is 13.6. The first kappa shape index (κ1) is 30.3. The minimum Gasteiger partial charge on any atom is -0.438 e. The Hall–Kier alpha value is -3.23. The maximum atomic E-state index is 13.3. The Bertz CT molecular complexity index is 1150. The summed E-state index contributed by atoms with van der Waals surface area (Å²) >= 11 is 0. The average Bonchev–Trinajstić information content (AvgIpc) is 2.85. The number of nitrogens with zero attached hydrogens (tertiary/aromatic N) is 1. The van der Waals surface area contributed by atoms with Crippen molar-refractivity contribution in [3.8, 4) is 0 Å². The summed E-state index contributed by atoms with van der Waals surface area (Å²) in [4.78, 5) is 27.4. The highest BCUT2D eigenvalue weighted by Gasteiger charge is 2.46. The van der Waals surface area contributed by atoms with Crippen molar-refractivity contribution < 1.29 is 19.4 Å². The molecule has 0 aliphatic carbocycles. The number of rotatable bonds is 10. The van der Waals surface area contributed by atoms with Gasteiger partial charge >= 0.3 is 6.09 Å². The van der Waals surface area contributed by atoms with Crippen LogP contribution in [0.15, 0.2) is 54.6 Å². The SMILES string of the molecule is CNC(CC(=N)C(=O)NC(C)(C)C)c1ccc([C@H](C)N2CC[C@](CC(C)(C)O)(c3ccccc3)OC2=O)cc1. The summed E-state index contributed by atoms with van der Waals surface area (Å²) in [6, 6.07) is 17.1. The topological polar surface area (TPSA) is 115 Å². The van der Waals surface area contributed by atoms with E-state index >= 15 is 0 Å². The number of ether oxygens (including phenoxy) is 1. The van der Waals surface area contributed by atoms with Gasteiger partial charge in [0.15, 0.2) is 0 Å². The lowest BCUT2D eigenvalue weighted by Crippen LogP contribution is -2.51. The van der Waals surface area contributed by atoms with E-state index in [4.69, 9.17) is 10.1 Å². The van der Waals surface area contributed by atoms with Gasteiger partial charge in [-0.15, -0.1) is 0 Å². The van der Waals surface area contributed by atoms with Gasteiger partial charge in [-0.25, -0.2) is 4.79 Å². The van der Waals surface area contributed by atoms with Crippen LogP contribution in [0, 0.1) is 5.41 Å². The summed E-state index contributed by atoms with van der Waals surface area (Å²) in [6.07, 6.45) is 0.725. The lowest BCUT2D eigenvalue weighted by molar-refractivity contribution is -0.116. The predicted octanol–water partition coefficient (Wildman–Crippen LogP) is 5.23. The Kier molecular flexibility index (Phi) is 9.23. The molecule has 2 aromatic carbocycles. The summed E-state index contributed by atoms with van der Waals surface area (Å²) in [5.74, 6) is -0.368. The molecule has 0 saturated carbocycles. The van der Waals surface area contributed by atoms with Gasteiger partial charge in [0.25, 0.3) is 5.91 Å². The van der Waals surface area contributed by atoms with E-state index in [2.05, 4.69) is 10.6 Å². The monoisotopic (exact) mass is 536 g/mol. The molecule has 0 aromatic heterocycles. The van der Waals surface area contributed by atoms with E-state index in [1.54, 1.807) is 18.7 Å². The van der Waals surface area contributed by atoms with Crippen LogP contribution < -0.4 is 10.6 Å². The third-order valence-electron chi connectivity index (χ3n) is 7.10. The van der Waals surface area contributed by atoms with E-state index in [1.807, 2.05) is 89.3 Å². The summed E-state index contributed by atoms with van der Waals surface area (Å²) in [6.45, 7) is 11.6. The highest BCUT2D eigenvalue weighted by molar-refractivity contribution is 6.37. The molecule has 8 nitrogen and oxygen atoms in total. The number of hydrogen-bond acceptors (Lipinski definition) is 6. The van der Waals surface area contributed by atoms with Crippen molar-refractivity contribution in [1.29, 1.82) is 5.41 Å². The molecule has 1 saturated heterocycles. The Labute approximate surface area is 232 Å². The first-order valence-electron chi connectivity index (χ1n) is 13.6. The lowest BCUT2D eigenvalue weighted by atomic mass is 9.80. The highest BCUT2D eigenvalue weighted by atomic mass is 16.6. The van der Waals surface area contributed by atoms with Crippen LogP contribution in [0.2, 0.25) is 0 Å². The van der Waals surface area contributed by atoms with Crippen molar-refractivity contribution in [2.75, 3.05) is 13.6 Å². The molecular formula is C31H44N4O4. The zero-order valence-corrected chi connectivity index (χ0v) is 24.3. The molecule has 2 aromatic rings. The van der Waals surface area contributed by atoms with E-state index in [9.17, 15) is 14.7 Å². The van der Waals surface area contributed by atoms with E-state index in [-0.39, 0.29) is 30.1 Å². The second-order valence-electron chi connectivity index (χ2n) is 12.2. The van der Waals surface area contributed by atoms with Crippen molar-refractivity contribution in [1.82, 2.24) is 15.5 Å². The average molecular weight is 537 g/mol. The van der Waals surface area contributed by atoms with Gasteiger partial charge in [0.1, 0.15) is 5.60 Å². The van der Waals surface area contributed by atoms with Crippen molar-refractivity contribution in [2.24, 2.45) is 0 Å². The van der Waals surface area contributed by atoms with E-state index in [1.165, 1.54) is 0 Å². The molecule has 8 heteroatoms. The third-order valence-corrected chi connectivity index (χ3v) is 7.10. The minimum atomic E-state index is -1.01. The van der Waals surface area contributed by atoms with Crippen LogP contribution in [0.3, 0.4) is 0 Å². The van der Waals surface area contributed by atoms with Gasteiger partial charge in [-0.1, -0.05) is 54.6 Å². The number of aliphatic hydroxyl groups is 1. The summed E-state index contributed by atoms with van der Waals surface area (Å²) in [7, 11) is 1.81. The van der Waals surface area contributed by atoms with E-state index < -0.39 is 22.8 Å². The second kappa shape index (κ2) is 11.9. The van der Waals surface area contributed by atoms with Crippen LogP contribution in [-0.4, -0.2) is 52.5 Å². The molecule has 0 spiro atoms. The Morgan fingerprint density at radius 3 is 2.18 bits per heavy atom. The summed E-state index contributed by atoms with van der Waals surface area (Å²) in [5, 5.41) is 24.9. The lowest BCUT2D eigenvalue weighted by Gasteiger charge is -2.45. The molecule has 0 bridgehead atoms. The number of nitrogens with one attached hydrogen (secondary N) is 3. The van der Waals surface area contributed by atoms with Gasteiger partial charge in [-0.3, -0.25) is 10.2 Å². The molecule has 1 heterocycles. The largest absolute Gasteiger partial charge is 0.438 e. The molecule has 1 fully saturated rings. The van der Waals surface area contributed by atoms with E-state index in [0.29, 0.717) is 19.4 Å². The smallest absolute Gasteiger partial charge is 0.411 e. The number of cyclic esters (lactones) is 1. The van der Waals surface area contributed by atoms with E-state index in [0.717, 1.165) is 16.7 Å². The maximum Gasteiger partial charge on any atom is 0.411 e. The Morgan fingerprint density at radius 1 is 1.08 bits per heavy atom. The molecule has 212 valence electrons. The summed E-state index contributed by atoms with van der Waals surface area (Å²) < 4.78 is 6.13.